The summed E-state index contributed by atoms with van der Waals surface area (Å²) in [5, 5.41) is 0.875. The molecule has 0 radical (unpaired) electrons. The summed E-state index contributed by atoms with van der Waals surface area (Å²) >= 11 is 0. The molecule has 0 N–H and O–H groups in total. The van der Waals surface area contributed by atoms with Crippen molar-refractivity contribution in [3.05, 3.63) is 75.6 Å². The van der Waals surface area contributed by atoms with Crippen LogP contribution in [0.5, 0.6) is 0 Å². The Morgan fingerprint density at radius 1 is 1.03 bits per heavy atom. The quantitative estimate of drug-likeness (QED) is 0.479. The fraction of sp³-hybridized carbons (Fsp3) is 0.360. The van der Waals surface area contributed by atoms with E-state index in [0.717, 1.165) is 28.6 Å². The predicted molar refractivity (Wildman–Crippen MR) is 134 cm³/mol. The molecule has 0 spiro atoms. The van der Waals surface area contributed by atoms with Crippen LogP contribution in [0.1, 0.15) is 28.4 Å². The fourth-order valence-electron chi connectivity index (χ4n) is 3.72. The Balaban J connectivity index is 0.00000363. The number of benzene rings is 2. The normalized spacial score (nSPS) is 10.8. The molecule has 6 nitrogen and oxygen atoms in total. The van der Waals surface area contributed by atoms with Gasteiger partial charge >= 0.3 is 5.97 Å². The van der Waals surface area contributed by atoms with E-state index < -0.39 is 5.97 Å². The number of pyridine rings is 1. The van der Waals surface area contributed by atoms with E-state index in [2.05, 4.69) is 4.90 Å². The molecule has 1 aromatic heterocycles. The third kappa shape index (κ3) is 5.50. The zero-order valence-electron chi connectivity index (χ0n) is 19.4. The molecule has 1 heterocycles. The highest BCUT2D eigenvalue weighted by molar-refractivity contribution is 6.05. The van der Waals surface area contributed by atoms with Gasteiger partial charge in [-0.2, -0.15) is 0 Å². The third-order valence-corrected chi connectivity index (χ3v) is 5.32. The third-order valence-electron chi connectivity index (χ3n) is 5.32. The van der Waals surface area contributed by atoms with E-state index in [1.807, 2.05) is 81.5 Å². The molecule has 3 rings (SSSR count). The maximum atomic E-state index is 13.7. The van der Waals surface area contributed by atoms with Crippen molar-refractivity contribution < 1.29 is 9.53 Å². The number of aromatic nitrogens is 1. The lowest BCUT2D eigenvalue weighted by Crippen LogP contribution is -2.35. The monoisotopic (exact) mass is 457 g/mol. The van der Waals surface area contributed by atoms with Gasteiger partial charge in [0, 0.05) is 25.5 Å². The first-order valence-corrected chi connectivity index (χ1v) is 10.6. The van der Waals surface area contributed by atoms with Crippen LogP contribution < -0.4 is 10.5 Å². The van der Waals surface area contributed by atoms with E-state index in [9.17, 15) is 9.59 Å². The standard InChI is InChI=1S/C25H31N3O3.ClH/c1-6-31-25(30)22-23(27(5)15-14-26(3)4)20-16-18(2)12-13-21(20)28(24(22)29)17-19-10-8-7-9-11-19;/h7-13,16H,6,14-15,17H2,1-5H3;1H. The number of aryl methyl sites for hydroxylation is 1. The van der Waals surface area contributed by atoms with Gasteiger partial charge in [-0.05, 0) is 45.6 Å². The van der Waals surface area contributed by atoms with Crippen LogP contribution in [0, 0.1) is 6.92 Å². The molecule has 2 aromatic carbocycles. The molecular weight excluding hydrogens is 426 g/mol. The smallest absolute Gasteiger partial charge is 0.345 e. The van der Waals surface area contributed by atoms with Gasteiger partial charge in [0.1, 0.15) is 5.56 Å². The minimum Gasteiger partial charge on any atom is -0.462 e. The summed E-state index contributed by atoms with van der Waals surface area (Å²) in [7, 11) is 5.92. The van der Waals surface area contributed by atoms with Crippen LogP contribution >= 0.6 is 12.4 Å². The summed E-state index contributed by atoms with van der Waals surface area (Å²) in [5.74, 6) is -0.579. The Kier molecular flexibility index (Phi) is 8.87. The lowest BCUT2D eigenvalue weighted by Gasteiger charge is -2.26. The van der Waals surface area contributed by atoms with E-state index in [1.165, 1.54) is 0 Å². The van der Waals surface area contributed by atoms with Gasteiger partial charge in [0.2, 0.25) is 0 Å². The lowest BCUT2D eigenvalue weighted by atomic mass is 10.0. The number of likely N-dealkylation sites (N-methyl/N-ethyl adjacent to an activating group) is 2. The number of halogens is 1. The van der Waals surface area contributed by atoms with Crippen molar-refractivity contribution in [2.75, 3.05) is 45.7 Å². The highest BCUT2D eigenvalue weighted by Gasteiger charge is 2.26. The van der Waals surface area contributed by atoms with E-state index in [-0.39, 0.29) is 30.1 Å². The van der Waals surface area contributed by atoms with Gasteiger partial charge in [-0.1, -0.05) is 42.0 Å². The van der Waals surface area contributed by atoms with Crippen molar-refractivity contribution in [3.63, 3.8) is 0 Å². The molecule has 32 heavy (non-hydrogen) atoms. The molecule has 0 amide bonds. The molecule has 7 heteroatoms. The summed E-state index contributed by atoms with van der Waals surface area (Å²) in [5.41, 5.74) is 3.26. The average molecular weight is 458 g/mol. The number of ether oxygens (including phenoxy) is 1. The SMILES string of the molecule is CCOC(=O)c1c(N(C)CCN(C)C)c2cc(C)ccc2n(Cc2ccccc2)c1=O.Cl. The summed E-state index contributed by atoms with van der Waals surface area (Å²) in [6.45, 7) is 5.82. The van der Waals surface area contributed by atoms with Crippen LogP contribution in [0.3, 0.4) is 0 Å². The summed E-state index contributed by atoms with van der Waals surface area (Å²) in [4.78, 5) is 30.7. The van der Waals surface area contributed by atoms with Crippen LogP contribution in [0.15, 0.2) is 53.3 Å². The molecule has 0 atom stereocenters. The van der Waals surface area contributed by atoms with Gasteiger partial charge in [-0.15, -0.1) is 12.4 Å². The Morgan fingerprint density at radius 2 is 1.72 bits per heavy atom. The first-order chi connectivity index (χ1) is 14.8. The second-order valence-electron chi connectivity index (χ2n) is 8.07. The van der Waals surface area contributed by atoms with Crippen molar-refractivity contribution in [1.82, 2.24) is 9.47 Å². The van der Waals surface area contributed by atoms with Crippen LogP contribution in [0.4, 0.5) is 5.69 Å². The van der Waals surface area contributed by atoms with Crippen molar-refractivity contribution in [1.29, 1.82) is 0 Å². The predicted octanol–water partition coefficient (Wildman–Crippen LogP) is 3.95. The Bertz CT molecular complexity index is 1130. The molecule has 0 aliphatic heterocycles. The molecule has 0 saturated heterocycles. The first-order valence-electron chi connectivity index (χ1n) is 10.6. The highest BCUT2D eigenvalue weighted by atomic mass is 35.5. The van der Waals surface area contributed by atoms with E-state index in [0.29, 0.717) is 18.8 Å². The van der Waals surface area contributed by atoms with Gasteiger partial charge < -0.3 is 19.1 Å². The molecule has 0 unspecified atom stereocenters. The van der Waals surface area contributed by atoms with E-state index in [1.54, 1.807) is 11.5 Å². The Morgan fingerprint density at radius 3 is 2.34 bits per heavy atom. The number of fused-ring (bicyclic) bond motifs is 1. The van der Waals surface area contributed by atoms with E-state index in [4.69, 9.17) is 4.74 Å². The molecule has 0 saturated carbocycles. The summed E-state index contributed by atoms with van der Waals surface area (Å²) < 4.78 is 7.00. The summed E-state index contributed by atoms with van der Waals surface area (Å²) in [6.07, 6.45) is 0. The largest absolute Gasteiger partial charge is 0.462 e. The zero-order valence-corrected chi connectivity index (χ0v) is 20.2. The molecule has 0 aliphatic carbocycles. The van der Waals surface area contributed by atoms with Crippen LogP contribution in [-0.4, -0.2) is 56.3 Å². The second kappa shape index (κ2) is 11.2. The van der Waals surface area contributed by atoms with Crippen LogP contribution in [0.25, 0.3) is 10.9 Å². The number of esters is 1. The first kappa shape index (κ1) is 25.4. The molecule has 0 bridgehead atoms. The molecule has 0 fully saturated rings. The number of nitrogens with zero attached hydrogens (tertiary/aromatic N) is 3. The summed E-state index contributed by atoms with van der Waals surface area (Å²) in [6, 6.07) is 15.8. The van der Waals surface area contributed by atoms with E-state index >= 15 is 0 Å². The number of rotatable bonds is 8. The second-order valence-corrected chi connectivity index (χ2v) is 8.07. The fourth-order valence-corrected chi connectivity index (χ4v) is 3.72. The molecule has 172 valence electrons. The molecule has 0 aliphatic rings. The number of hydrogen-bond acceptors (Lipinski definition) is 5. The number of carbonyl (C=O) groups is 1. The van der Waals surface area contributed by atoms with Gasteiger partial charge in [0.25, 0.3) is 5.56 Å². The van der Waals surface area contributed by atoms with Crippen LogP contribution in [-0.2, 0) is 11.3 Å². The lowest BCUT2D eigenvalue weighted by molar-refractivity contribution is 0.0524. The topological polar surface area (TPSA) is 54.8 Å². The maximum Gasteiger partial charge on any atom is 0.345 e. The number of carbonyl (C=O) groups excluding carboxylic acids is 1. The average Bonchev–Trinajstić information content (AvgIpc) is 2.74. The van der Waals surface area contributed by atoms with Gasteiger partial charge in [0.05, 0.1) is 24.4 Å². The van der Waals surface area contributed by atoms with Gasteiger partial charge in [0.15, 0.2) is 0 Å². The number of anilines is 1. The molecular formula is C25H32ClN3O3. The van der Waals surface area contributed by atoms with Gasteiger partial charge in [-0.3, -0.25) is 4.79 Å². The minimum absolute atomic E-state index is 0. The van der Waals surface area contributed by atoms with Crippen molar-refractivity contribution in [3.8, 4) is 0 Å². The van der Waals surface area contributed by atoms with Gasteiger partial charge in [-0.25, -0.2) is 4.79 Å². The highest BCUT2D eigenvalue weighted by Crippen LogP contribution is 2.30. The minimum atomic E-state index is -0.579. The Hall–Kier alpha value is -2.83. The van der Waals surface area contributed by atoms with Crippen molar-refractivity contribution in [2.24, 2.45) is 0 Å². The van der Waals surface area contributed by atoms with Crippen molar-refractivity contribution in [2.45, 2.75) is 20.4 Å². The Labute approximate surface area is 195 Å². The maximum absolute atomic E-state index is 13.7. The molecule has 3 aromatic rings. The number of hydrogen-bond donors (Lipinski definition) is 0. The van der Waals surface area contributed by atoms with Crippen molar-refractivity contribution >= 4 is 35.0 Å². The zero-order chi connectivity index (χ0) is 22.5. The van der Waals surface area contributed by atoms with Crippen LogP contribution in [0.2, 0.25) is 0 Å².